The van der Waals surface area contributed by atoms with Crippen molar-refractivity contribution in [3.63, 3.8) is 0 Å². The Morgan fingerprint density at radius 1 is 0.333 bits per heavy atom. The van der Waals surface area contributed by atoms with E-state index < -0.39 is 0 Å². The predicted molar refractivity (Wildman–Crippen MR) is 233 cm³/mol. The quantitative estimate of drug-likeness (QED) is 0.178. The average molecular weight is 705 g/mol. The van der Waals surface area contributed by atoms with Gasteiger partial charge in [0.15, 0.2) is 0 Å². The van der Waals surface area contributed by atoms with Gasteiger partial charge in [0.25, 0.3) is 0 Å². The molecule has 54 heavy (non-hydrogen) atoms. The normalized spacial score (nSPS) is 11.7. The van der Waals surface area contributed by atoms with Gasteiger partial charge < -0.3 is 4.42 Å². The molecular formula is C52H32OS. The molecule has 0 amide bonds. The van der Waals surface area contributed by atoms with Crippen LogP contribution in [0.5, 0.6) is 0 Å². The lowest BCUT2D eigenvalue weighted by molar-refractivity contribution is 0.673. The molecule has 0 saturated carbocycles. The average Bonchev–Trinajstić information content (AvgIpc) is 3.81. The van der Waals surface area contributed by atoms with Crippen LogP contribution in [0.4, 0.5) is 0 Å². The monoisotopic (exact) mass is 704 g/mol. The topological polar surface area (TPSA) is 13.1 Å². The molecule has 11 rings (SSSR count). The number of furan rings is 1. The lowest BCUT2D eigenvalue weighted by atomic mass is 9.93. The van der Waals surface area contributed by atoms with E-state index in [9.17, 15) is 0 Å². The molecule has 0 aliphatic rings. The zero-order chi connectivity index (χ0) is 35.6. The highest BCUT2D eigenvalue weighted by Crippen LogP contribution is 2.48. The molecular weight excluding hydrogens is 673 g/mol. The smallest absolute Gasteiger partial charge is 0.143 e. The maximum atomic E-state index is 6.53. The van der Waals surface area contributed by atoms with Gasteiger partial charge in [0.2, 0.25) is 0 Å². The summed E-state index contributed by atoms with van der Waals surface area (Å²) in [4.78, 5) is 0. The summed E-state index contributed by atoms with van der Waals surface area (Å²) in [5, 5.41) is 12.3. The SMILES string of the molecule is c1cccc(-c2ccc3ccccc3c2)c2ccccc2c(-c2ccc(-c3ccc4c(c3)sc3c5ccccc5c5oc6ccccc6c5c43)cc2)cc1. The largest absolute Gasteiger partial charge is 0.455 e. The first kappa shape index (κ1) is 30.8. The highest BCUT2D eigenvalue weighted by Gasteiger charge is 2.19. The number of hydrogen-bond donors (Lipinski definition) is 0. The number of para-hydroxylation sites is 1. The molecule has 0 spiro atoms. The molecule has 0 radical (unpaired) electrons. The maximum Gasteiger partial charge on any atom is 0.143 e. The van der Waals surface area contributed by atoms with Gasteiger partial charge >= 0.3 is 0 Å². The molecule has 252 valence electrons. The van der Waals surface area contributed by atoms with Gasteiger partial charge in [-0.05, 0) is 73.1 Å². The molecule has 0 aliphatic heterocycles. The molecule has 0 N–H and O–H groups in total. The van der Waals surface area contributed by atoms with E-state index in [0.717, 1.165) is 11.2 Å². The Kier molecular flexibility index (Phi) is 7.11. The van der Waals surface area contributed by atoms with Crippen LogP contribution in [-0.2, 0) is 0 Å². The molecule has 2 aromatic heterocycles. The molecule has 0 bridgehead atoms. The molecule has 0 aliphatic carbocycles. The lowest BCUT2D eigenvalue weighted by Crippen LogP contribution is -1.84. The van der Waals surface area contributed by atoms with Crippen LogP contribution in [-0.4, -0.2) is 0 Å². The van der Waals surface area contributed by atoms with E-state index >= 15 is 0 Å². The minimum atomic E-state index is 0.933. The molecule has 0 atom stereocenters. The third kappa shape index (κ3) is 4.92. The van der Waals surface area contributed by atoms with Crippen molar-refractivity contribution in [3.05, 3.63) is 194 Å². The van der Waals surface area contributed by atoms with Gasteiger partial charge in [-0.3, -0.25) is 0 Å². The summed E-state index contributed by atoms with van der Waals surface area (Å²) in [5.41, 5.74) is 9.10. The molecule has 1 nitrogen and oxygen atoms in total. The van der Waals surface area contributed by atoms with E-state index in [1.807, 2.05) is 11.3 Å². The van der Waals surface area contributed by atoms with Crippen molar-refractivity contribution in [1.29, 1.82) is 0 Å². The van der Waals surface area contributed by atoms with E-state index in [2.05, 4.69) is 194 Å². The zero-order valence-electron chi connectivity index (χ0n) is 29.3. The van der Waals surface area contributed by atoms with Crippen LogP contribution < -0.4 is 0 Å². The predicted octanol–water partition coefficient (Wildman–Crippen LogP) is 15.5. The van der Waals surface area contributed by atoms with Gasteiger partial charge in [-0.15, -0.1) is 11.3 Å². The Balaban J connectivity index is 1.05. The second-order valence-electron chi connectivity index (χ2n) is 14.0. The van der Waals surface area contributed by atoms with Crippen molar-refractivity contribution in [1.82, 2.24) is 0 Å². The third-order valence-corrected chi connectivity index (χ3v) is 12.1. The van der Waals surface area contributed by atoms with Gasteiger partial charge in [-0.1, -0.05) is 176 Å². The zero-order valence-corrected chi connectivity index (χ0v) is 30.1. The first-order valence-corrected chi connectivity index (χ1v) is 19.2. The van der Waals surface area contributed by atoms with E-state index in [4.69, 9.17) is 4.42 Å². The number of benzene rings is 8. The van der Waals surface area contributed by atoms with Gasteiger partial charge in [0, 0.05) is 41.7 Å². The molecule has 2 heterocycles. The van der Waals surface area contributed by atoms with Crippen LogP contribution in [0.2, 0.25) is 0 Å². The van der Waals surface area contributed by atoms with Gasteiger partial charge in [-0.2, -0.15) is 0 Å². The molecule has 9 aromatic carbocycles. The minimum Gasteiger partial charge on any atom is -0.455 e. The van der Waals surface area contributed by atoms with Crippen LogP contribution in [0.3, 0.4) is 0 Å². The summed E-state index contributed by atoms with van der Waals surface area (Å²) in [7, 11) is 0. The Bertz CT molecular complexity index is 3330. The Hall–Kier alpha value is -6.74. The fourth-order valence-corrected chi connectivity index (χ4v) is 9.63. The van der Waals surface area contributed by atoms with E-state index in [-0.39, 0.29) is 0 Å². The Labute approximate surface area is 316 Å². The Morgan fingerprint density at radius 3 is 1.69 bits per heavy atom. The second kappa shape index (κ2) is 12.4. The summed E-state index contributed by atoms with van der Waals surface area (Å²) < 4.78 is 9.13. The lowest BCUT2D eigenvalue weighted by Gasteiger charge is -2.11. The van der Waals surface area contributed by atoms with Crippen LogP contribution in [0.25, 0.3) is 108 Å². The van der Waals surface area contributed by atoms with Gasteiger partial charge in [0.05, 0.1) is 0 Å². The van der Waals surface area contributed by atoms with Crippen molar-refractivity contribution in [2.45, 2.75) is 0 Å². The molecule has 11 aromatic rings. The van der Waals surface area contributed by atoms with E-state index in [1.165, 1.54) is 96.6 Å². The fraction of sp³-hybridized carbons (Fsp3) is 0. The van der Waals surface area contributed by atoms with Gasteiger partial charge in [-0.25, -0.2) is 0 Å². The summed E-state index contributed by atoms with van der Waals surface area (Å²) in [5.74, 6) is 0. The number of thiophene rings is 1. The third-order valence-electron chi connectivity index (χ3n) is 10.9. The van der Waals surface area contributed by atoms with Crippen LogP contribution in [0, 0.1) is 0 Å². The van der Waals surface area contributed by atoms with E-state index in [1.54, 1.807) is 0 Å². The summed E-state index contributed by atoms with van der Waals surface area (Å²) >= 11 is 1.88. The van der Waals surface area contributed by atoms with Crippen LogP contribution in [0.15, 0.2) is 199 Å². The van der Waals surface area contributed by atoms with Crippen molar-refractivity contribution in [3.8, 4) is 33.4 Å². The maximum absolute atomic E-state index is 6.53. The molecule has 0 saturated heterocycles. The molecule has 0 fully saturated rings. The molecule has 0 unspecified atom stereocenters. The van der Waals surface area contributed by atoms with Crippen molar-refractivity contribution >= 4 is 85.8 Å². The second-order valence-corrected chi connectivity index (χ2v) is 15.0. The number of fused-ring (bicyclic) bond motifs is 12. The Morgan fingerprint density at radius 2 is 0.907 bits per heavy atom. The summed E-state index contributed by atoms with van der Waals surface area (Å²) in [6.07, 6.45) is 0. The fourth-order valence-electron chi connectivity index (χ4n) is 8.34. The first-order chi connectivity index (χ1) is 26.8. The van der Waals surface area contributed by atoms with Crippen molar-refractivity contribution in [2.24, 2.45) is 0 Å². The van der Waals surface area contributed by atoms with Crippen molar-refractivity contribution in [2.75, 3.05) is 0 Å². The van der Waals surface area contributed by atoms with Crippen molar-refractivity contribution < 1.29 is 4.42 Å². The van der Waals surface area contributed by atoms with Crippen LogP contribution in [0.1, 0.15) is 0 Å². The minimum absolute atomic E-state index is 0.933. The summed E-state index contributed by atoms with van der Waals surface area (Å²) in [6.45, 7) is 0. The highest BCUT2D eigenvalue weighted by molar-refractivity contribution is 7.27. The van der Waals surface area contributed by atoms with Gasteiger partial charge in [0.1, 0.15) is 11.2 Å². The summed E-state index contributed by atoms with van der Waals surface area (Å²) in [6, 6.07) is 70.3. The van der Waals surface area contributed by atoms with E-state index in [0.29, 0.717) is 0 Å². The van der Waals surface area contributed by atoms with Crippen LogP contribution >= 0.6 is 11.3 Å². The number of hydrogen-bond acceptors (Lipinski definition) is 2. The first-order valence-electron chi connectivity index (χ1n) is 18.4. The number of rotatable bonds is 3. The standard InChI is InChI=1S/C52H32OS/c1-2-4-16-40(38-28-25-33-13-5-6-14-36(33)31-38)42-18-8-7-17-41(42)39(15-3-1)35-26-23-34(24-27-35)37-29-30-46-48(32-37)54-52-44-20-10-9-19-43(44)51-49(50(46)52)45-21-11-12-22-47(45)53-51/h1-32H. The molecule has 2 heteroatoms. The highest BCUT2D eigenvalue weighted by atomic mass is 32.1.